The van der Waals surface area contributed by atoms with Crippen molar-refractivity contribution in [2.75, 3.05) is 5.32 Å². The minimum Gasteiger partial charge on any atom is -0.508 e. The monoisotopic (exact) mass is 221 g/mol. The van der Waals surface area contributed by atoms with Gasteiger partial charge in [0.05, 0.1) is 12.1 Å². The third-order valence-corrected chi connectivity index (χ3v) is 3.28. The second-order valence-electron chi connectivity index (χ2n) is 4.60. The number of aryl methyl sites for hydroxylation is 1. The fraction of sp³-hybridized carbons (Fsp3) is 0.538. The van der Waals surface area contributed by atoms with Crippen molar-refractivity contribution in [2.45, 2.75) is 44.8 Å². The Morgan fingerprint density at radius 2 is 2.00 bits per heavy atom. The Bertz CT molecular complexity index is 365. The van der Waals surface area contributed by atoms with Crippen LogP contribution in [0.4, 0.5) is 5.69 Å². The van der Waals surface area contributed by atoms with Gasteiger partial charge in [0.2, 0.25) is 0 Å². The molecule has 0 radical (unpaired) electrons. The van der Waals surface area contributed by atoms with Crippen molar-refractivity contribution in [3.05, 3.63) is 23.8 Å². The van der Waals surface area contributed by atoms with Crippen LogP contribution in [0.2, 0.25) is 0 Å². The summed E-state index contributed by atoms with van der Waals surface area (Å²) in [6.45, 7) is 1.96. The van der Waals surface area contributed by atoms with E-state index < -0.39 is 0 Å². The van der Waals surface area contributed by atoms with Gasteiger partial charge in [0.15, 0.2) is 0 Å². The molecule has 3 N–H and O–H groups in total. The summed E-state index contributed by atoms with van der Waals surface area (Å²) in [6.07, 6.45) is 3.94. The maximum Gasteiger partial charge on any atom is 0.115 e. The summed E-state index contributed by atoms with van der Waals surface area (Å²) in [5, 5.41) is 22.5. The zero-order chi connectivity index (χ0) is 11.5. The minimum atomic E-state index is -0.248. The van der Waals surface area contributed by atoms with Crippen LogP contribution in [-0.2, 0) is 0 Å². The van der Waals surface area contributed by atoms with Gasteiger partial charge in [-0.25, -0.2) is 0 Å². The largest absolute Gasteiger partial charge is 0.508 e. The second kappa shape index (κ2) is 4.74. The van der Waals surface area contributed by atoms with Crippen molar-refractivity contribution in [3.8, 4) is 5.75 Å². The van der Waals surface area contributed by atoms with E-state index in [0.717, 1.165) is 30.5 Å². The number of anilines is 1. The Balaban J connectivity index is 2.07. The van der Waals surface area contributed by atoms with E-state index in [0.29, 0.717) is 0 Å². The van der Waals surface area contributed by atoms with Crippen molar-refractivity contribution in [3.63, 3.8) is 0 Å². The van der Waals surface area contributed by atoms with Crippen molar-refractivity contribution in [2.24, 2.45) is 0 Å². The molecule has 1 saturated carbocycles. The van der Waals surface area contributed by atoms with Crippen LogP contribution in [0.1, 0.15) is 31.2 Å². The number of phenolic OH excluding ortho intramolecular Hbond substituents is 1. The Labute approximate surface area is 96.1 Å². The third kappa shape index (κ3) is 2.47. The highest BCUT2D eigenvalue weighted by atomic mass is 16.3. The lowest BCUT2D eigenvalue weighted by atomic mass is 9.92. The number of hydrogen-bond acceptors (Lipinski definition) is 3. The number of nitrogens with one attached hydrogen (secondary N) is 1. The topological polar surface area (TPSA) is 52.5 Å². The highest BCUT2D eigenvalue weighted by molar-refractivity contribution is 5.54. The zero-order valence-electron chi connectivity index (χ0n) is 9.61. The number of benzene rings is 1. The van der Waals surface area contributed by atoms with E-state index in [9.17, 15) is 10.2 Å². The average molecular weight is 221 g/mol. The highest BCUT2D eigenvalue weighted by Gasteiger charge is 2.22. The maximum absolute atomic E-state index is 9.86. The summed E-state index contributed by atoms with van der Waals surface area (Å²) in [4.78, 5) is 0. The first-order valence-electron chi connectivity index (χ1n) is 5.91. The predicted octanol–water partition coefficient (Wildman–Crippen LogP) is 2.42. The first-order valence-corrected chi connectivity index (χ1v) is 5.91. The number of rotatable bonds is 2. The number of hydrogen-bond donors (Lipinski definition) is 3. The zero-order valence-corrected chi connectivity index (χ0v) is 9.61. The quantitative estimate of drug-likeness (QED) is 0.672. The van der Waals surface area contributed by atoms with Gasteiger partial charge < -0.3 is 15.5 Å². The average Bonchev–Trinajstić information content (AvgIpc) is 2.25. The molecular weight excluding hydrogens is 202 g/mol. The van der Waals surface area contributed by atoms with E-state index in [4.69, 9.17) is 0 Å². The normalized spacial score (nSPS) is 25.4. The van der Waals surface area contributed by atoms with Gasteiger partial charge >= 0.3 is 0 Å². The van der Waals surface area contributed by atoms with Crippen LogP contribution in [0.25, 0.3) is 0 Å². The van der Waals surface area contributed by atoms with Crippen LogP contribution < -0.4 is 5.32 Å². The Morgan fingerprint density at radius 1 is 1.25 bits per heavy atom. The van der Waals surface area contributed by atoms with Gasteiger partial charge in [-0.1, -0.05) is 12.8 Å². The van der Waals surface area contributed by atoms with Crippen LogP contribution >= 0.6 is 0 Å². The molecule has 0 unspecified atom stereocenters. The molecule has 0 amide bonds. The van der Waals surface area contributed by atoms with Gasteiger partial charge in [0.1, 0.15) is 5.75 Å². The van der Waals surface area contributed by atoms with E-state index in [1.54, 1.807) is 12.1 Å². The third-order valence-electron chi connectivity index (χ3n) is 3.28. The lowest BCUT2D eigenvalue weighted by Gasteiger charge is -2.29. The van der Waals surface area contributed by atoms with Gasteiger partial charge in [-0.15, -0.1) is 0 Å². The molecule has 2 atom stereocenters. The molecule has 3 heteroatoms. The number of aliphatic hydroxyl groups excluding tert-OH is 1. The molecule has 0 saturated heterocycles. The molecule has 3 nitrogen and oxygen atoms in total. The van der Waals surface area contributed by atoms with Gasteiger partial charge in [0, 0.05) is 5.69 Å². The maximum atomic E-state index is 9.86. The lowest BCUT2D eigenvalue weighted by molar-refractivity contribution is 0.116. The smallest absolute Gasteiger partial charge is 0.115 e. The van der Waals surface area contributed by atoms with Crippen LogP contribution in [0, 0.1) is 6.92 Å². The molecule has 0 heterocycles. The summed E-state index contributed by atoms with van der Waals surface area (Å²) in [7, 11) is 0. The van der Waals surface area contributed by atoms with E-state index in [-0.39, 0.29) is 17.9 Å². The van der Waals surface area contributed by atoms with Crippen molar-refractivity contribution >= 4 is 5.69 Å². The summed E-state index contributed by atoms with van der Waals surface area (Å²) >= 11 is 0. The SMILES string of the molecule is Cc1cc(O)ccc1N[C@H]1CCCC[C@@H]1O. The number of aliphatic hydroxyl groups is 1. The van der Waals surface area contributed by atoms with Crippen LogP contribution in [0.15, 0.2) is 18.2 Å². The summed E-state index contributed by atoms with van der Waals surface area (Å²) in [5.41, 5.74) is 2.02. The standard InChI is InChI=1S/C13H19NO2/c1-9-8-10(15)6-7-11(9)14-12-4-2-3-5-13(12)16/h6-8,12-16H,2-5H2,1H3/t12-,13-/m0/s1. The Hall–Kier alpha value is -1.22. The molecule has 1 aliphatic rings. The van der Waals surface area contributed by atoms with Crippen LogP contribution in [0.5, 0.6) is 5.75 Å². The predicted molar refractivity (Wildman–Crippen MR) is 64.7 cm³/mol. The Morgan fingerprint density at radius 3 is 2.69 bits per heavy atom. The molecule has 0 bridgehead atoms. The van der Waals surface area contributed by atoms with E-state index >= 15 is 0 Å². The molecule has 2 rings (SSSR count). The molecule has 0 spiro atoms. The summed E-state index contributed by atoms with van der Waals surface area (Å²) < 4.78 is 0. The molecule has 16 heavy (non-hydrogen) atoms. The van der Waals surface area contributed by atoms with Crippen LogP contribution in [0.3, 0.4) is 0 Å². The molecule has 1 aromatic rings. The fourth-order valence-electron chi connectivity index (χ4n) is 2.29. The van der Waals surface area contributed by atoms with Gasteiger partial charge in [-0.2, -0.15) is 0 Å². The van der Waals surface area contributed by atoms with Gasteiger partial charge in [0.25, 0.3) is 0 Å². The summed E-state index contributed by atoms with van der Waals surface area (Å²) in [6, 6.07) is 5.42. The van der Waals surface area contributed by atoms with E-state index in [1.807, 2.05) is 13.0 Å². The van der Waals surface area contributed by atoms with Gasteiger partial charge in [-0.05, 0) is 43.5 Å². The fourth-order valence-corrected chi connectivity index (χ4v) is 2.29. The Kier molecular flexibility index (Phi) is 3.34. The second-order valence-corrected chi connectivity index (χ2v) is 4.60. The number of aromatic hydroxyl groups is 1. The molecule has 1 aromatic carbocycles. The van der Waals surface area contributed by atoms with Crippen LogP contribution in [-0.4, -0.2) is 22.4 Å². The minimum absolute atomic E-state index is 0.150. The molecule has 0 aliphatic heterocycles. The molecule has 1 aliphatic carbocycles. The van der Waals surface area contributed by atoms with Crippen molar-refractivity contribution < 1.29 is 10.2 Å². The molecule has 88 valence electrons. The van der Waals surface area contributed by atoms with Gasteiger partial charge in [-0.3, -0.25) is 0 Å². The lowest BCUT2D eigenvalue weighted by Crippen LogP contribution is -2.36. The summed E-state index contributed by atoms with van der Waals surface area (Å²) in [5.74, 6) is 0.284. The van der Waals surface area contributed by atoms with Crippen molar-refractivity contribution in [1.82, 2.24) is 0 Å². The van der Waals surface area contributed by atoms with E-state index in [1.165, 1.54) is 6.42 Å². The van der Waals surface area contributed by atoms with Crippen molar-refractivity contribution in [1.29, 1.82) is 0 Å². The number of phenols is 1. The molecular formula is C13H19NO2. The molecule has 1 fully saturated rings. The molecule has 0 aromatic heterocycles. The highest BCUT2D eigenvalue weighted by Crippen LogP contribution is 2.25. The first kappa shape index (κ1) is 11.3. The van der Waals surface area contributed by atoms with E-state index in [2.05, 4.69) is 5.32 Å². The first-order chi connectivity index (χ1) is 7.66.